The van der Waals surface area contributed by atoms with Gasteiger partial charge < -0.3 is 25.4 Å². The van der Waals surface area contributed by atoms with Crippen molar-refractivity contribution in [3.63, 3.8) is 0 Å². The summed E-state index contributed by atoms with van der Waals surface area (Å²) in [7, 11) is 3.09. The molecule has 1 aromatic heterocycles. The van der Waals surface area contributed by atoms with Crippen molar-refractivity contribution >= 4 is 39.8 Å². The van der Waals surface area contributed by atoms with Crippen LogP contribution in [0.2, 0.25) is 0 Å². The molecule has 2 amide bonds. The number of amides is 2. The highest BCUT2D eigenvalue weighted by molar-refractivity contribution is 7.18. The van der Waals surface area contributed by atoms with Crippen molar-refractivity contribution in [2.45, 2.75) is 20.8 Å². The predicted octanol–water partition coefficient (Wildman–Crippen LogP) is 2.96. The number of aryl methyl sites for hydroxylation is 1. The average molecular weight is 420 g/mol. The number of benzene rings is 1. The third-order valence-electron chi connectivity index (χ3n) is 4.19. The molecule has 0 unspecified atom stereocenters. The van der Waals surface area contributed by atoms with Crippen LogP contribution in [0.4, 0.5) is 10.7 Å². The standard InChI is InChI=1S/C20H25N3O5S/c1-6-28-20(26)16-12(3)17(18(25)21-4)29-19(16)23-15(24)10-22-14-8-7-13(27-5)9-11(14)2/h7-9,22H,6,10H2,1-5H3,(H,21,25)(H,23,24). The fraction of sp³-hybridized carbons (Fsp3) is 0.350. The summed E-state index contributed by atoms with van der Waals surface area (Å²) in [5, 5.41) is 8.59. The Morgan fingerprint density at radius 3 is 2.48 bits per heavy atom. The van der Waals surface area contributed by atoms with Crippen LogP contribution >= 0.6 is 11.3 Å². The molecule has 0 aliphatic carbocycles. The summed E-state index contributed by atoms with van der Waals surface area (Å²) in [5.41, 5.74) is 2.39. The number of thiophene rings is 1. The predicted molar refractivity (Wildman–Crippen MR) is 113 cm³/mol. The van der Waals surface area contributed by atoms with Crippen LogP contribution in [0.25, 0.3) is 0 Å². The highest BCUT2D eigenvalue weighted by Crippen LogP contribution is 2.33. The molecule has 0 radical (unpaired) electrons. The maximum atomic E-state index is 12.5. The van der Waals surface area contributed by atoms with Gasteiger partial charge in [0.25, 0.3) is 5.91 Å². The zero-order chi connectivity index (χ0) is 21.6. The molecular formula is C20H25N3O5S. The second kappa shape index (κ2) is 9.92. The Morgan fingerprint density at radius 1 is 1.17 bits per heavy atom. The summed E-state index contributed by atoms with van der Waals surface area (Å²) in [6.45, 7) is 5.43. The highest BCUT2D eigenvalue weighted by Gasteiger charge is 2.26. The van der Waals surface area contributed by atoms with Gasteiger partial charge >= 0.3 is 5.97 Å². The Morgan fingerprint density at radius 2 is 1.90 bits per heavy atom. The van der Waals surface area contributed by atoms with Gasteiger partial charge in [-0.1, -0.05) is 0 Å². The van der Waals surface area contributed by atoms with E-state index >= 15 is 0 Å². The molecule has 2 aromatic rings. The van der Waals surface area contributed by atoms with Crippen LogP contribution in [0.15, 0.2) is 18.2 Å². The zero-order valence-electron chi connectivity index (χ0n) is 17.1. The van der Waals surface area contributed by atoms with Crippen LogP contribution in [0.3, 0.4) is 0 Å². The molecule has 0 bridgehead atoms. The van der Waals surface area contributed by atoms with Gasteiger partial charge in [-0.3, -0.25) is 9.59 Å². The third-order valence-corrected chi connectivity index (χ3v) is 5.39. The van der Waals surface area contributed by atoms with E-state index in [1.54, 1.807) is 27.0 Å². The van der Waals surface area contributed by atoms with Gasteiger partial charge in [-0.05, 0) is 50.1 Å². The molecule has 1 heterocycles. The number of hydrogen-bond donors (Lipinski definition) is 3. The topological polar surface area (TPSA) is 106 Å². The van der Waals surface area contributed by atoms with Gasteiger partial charge in [0.15, 0.2) is 0 Å². The first kappa shape index (κ1) is 22.2. The summed E-state index contributed by atoms with van der Waals surface area (Å²) < 4.78 is 10.3. The molecule has 0 spiro atoms. The van der Waals surface area contributed by atoms with Crippen molar-refractivity contribution in [1.29, 1.82) is 0 Å². The molecule has 0 atom stereocenters. The Balaban J connectivity index is 2.18. The van der Waals surface area contributed by atoms with E-state index in [9.17, 15) is 14.4 Å². The molecule has 2 rings (SSSR count). The van der Waals surface area contributed by atoms with E-state index < -0.39 is 5.97 Å². The Labute approximate surface area is 173 Å². The second-order valence-electron chi connectivity index (χ2n) is 6.14. The molecular weight excluding hydrogens is 394 g/mol. The monoisotopic (exact) mass is 419 g/mol. The number of nitrogens with one attached hydrogen (secondary N) is 3. The number of hydrogen-bond acceptors (Lipinski definition) is 7. The number of methoxy groups -OCH3 is 1. The van der Waals surface area contributed by atoms with Crippen molar-refractivity contribution in [3.05, 3.63) is 39.8 Å². The summed E-state index contributed by atoms with van der Waals surface area (Å²) >= 11 is 1.04. The third kappa shape index (κ3) is 5.26. The van der Waals surface area contributed by atoms with E-state index in [4.69, 9.17) is 9.47 Å². The lowest BCUT2D eigenvalue weighted by atomic mass is 10.1. The molecule has 156 valence electrons. The van der Waals surface area contributed by atoms with Gasteiger partial charge in [0.05, 0.1) is 30.7 Å². The quantitative estimate of drug-likeness (QED) is 0.568. The van der Waals surface area contributed by atoms with Crippen LogP contribution < -0.4 is 20.7 Å². The minimum Gasteiger partial charge on any atom is -0.497 e. The van der Waals surface area contributed by atoms with Gasteiger partial charge in [0, 0.05) is 12.7 Å². The molecule has 0 fully saturated rings. The smallest absolute Gasteiger partial charge is 0.341 e. The summed E-state index contributed by atoms with van der Waals surface area (Å²) in [5.74, 6) is -0.529. The fourth-order valence-electron chi connectivity index (χ4n) is 2.69. The van der Waals surface area contributed by atoms with Gasteiger partial charge in [-0.15, -0.1) is 11.3 Å². The number of carbonyl (C=O) groups excluding carboxylic acids is 3. The van der Waals surface area contributed by atoms with Crippen LogP contribution in [-0.4, -0.2) is 45.1 Å². The van der Waals surface area contributed by atoms with Crippen molar-refractivity contribution in [3.8, 4) is 5.75 Å². The van der Waals surface area contributed by atoms with E-state index in [-0.39, 0.29) is 35.5 Å². The molecule has 0 saturated heterocycles. The van der Waals surface area contributed by atoms with Gasteiger partial charge in [0.1, 0.15) is 10.8 Å². The first-order chi connectivity index (χ1) is 13.8. The maximum absolute atomic E-state index is 12.5. The minimum absolute atomic E-state index is 0.0122. The lowest BCUT2D eigenvalue weighted by molar-refractivity contribution is -0.114. The lowest BCUT2D eigenvalue weighted by Crippen LogP contribution is -2.22. The van der Waals surface area contributed by atoms with Gasteiger partial charge in [0.2, 0.25) is 5.91 Å². The number of rotatable bonds is 8. The summed E-state index contributed by atoms with van der Waals surface area (Å²) in [6, 6.07) is 5.48. The lowest BCUT2D eigenvalue weighted by Gasteiger charge is -2.11. The molecule has 3 N–H and O–H groups in total. The maximum Gasteiger partial charge on any atom is 0.341 e. The van der Waals surface area contributed by atoms with Crippen molar-refractivity contribution in [2.75, 3.05) is 37.9 Å². The van der Waals surface area contributed by atoms with Gasteiger partial charge in [-0.2, -0.15) is 0 Å². The van der Waals surface area contributed by atoms with Crippen LogP contribution in [0, 0.1) is 13.8 Å². The highest BCUT2D eigenvalue weighted by atomic mass is 32.1. The van der Waals surface area contributed by atoms with Crippen molar-refractivity contribution in [1.82, 2.24) is 5.32 Å². The normalized spacial score (nSPS) is 10.2. The van der Waals surface area contributed by atoms with Crippen molar-refractivity contribution in [2.24, 2.45) is 0 Å². The Kier molecular flexibility index (Phi) is 7.60. The zero-order valence-corrected chi connectivity index (χ0v) is 17.9. The number of esters is 1. The van der Waals surface area contributed by atoms with Crippen LogP contribution in [-0.2, 0) is 9.53 Å². The van der Waals surface area contributed by atoms with Crippen molar-refractivity contribution < 1.29 is 23.9 Å². The average Bonchev–Trinajstić information content (AvgIpc) is 3.02. The molecule has 29 heavy (non-hydrogen) atoms. The molecule has 9 heteroatoms. The second-order valence-corrected chi connectivity index (χ2v) is 7.16. The summed E-state index contributed by atoms with van der Waals surface area (Å²) in [4.78, 5) is 37.2. The van der Waals surface area contributed by atoms with E-state index in [1.165, 1.54) is 7.05 Å². The Hall–Kier alpha value is -3.07. The first-order valence-corrected chi connectivity index (χ1v) is 9.84. The molecule has 1 aromatic carbocycles. The first-order valence-electron chi connectivity index (χ1n) is 9.03. The van der Waals surface area contributed by atoms with E-state index in [2.05, 4.69) is 16.0 Å². The van der Waals surface area contributed by atoms with Crippen LogP contribution in [0.1, 0.15) is 38.1 Å². The summed E-state index contributed by atoms with van der Waals surface area (Å²) in [6.07, 6.45) is 0. The SMILES string of the molecule is CCOC(=O)c1c(NC(=O)CNc2ccc(OC)cc2C)sc(C(=O)NC)c1C. The minimum atomic E-state index is -0.578. The fourth-order valence-corrected chi connectivity index (χ4v) is 3.85. The Bertz CT molecular complexity index is 923. The molecule has 8 nitrogen and oxygen atoms in total. The number of ether oxygens (including phenoxy) is 2. The number of carbonyl (C=O) groups is 3. The van der Waals surface area contributed by atoms with E-state index in [1.807, 2.05) is 19.1 Å². The van der Waals surface area contributed by atoms with E-state index in [0.29, 0.717) is 10.4 Å². The number of anilines is 2. The molecule has 0 saturated carbocycles. The van der Waals surface area contributed by atoms with Crippen LogP contribution in [0.5, 0.6) is 5.75 Å². The molecule has 0 aliphatic heterocycles. The van der Waals surface area contributed by atoms with E-state index in [0.717, 1.165) is 28.3 Å². The molecule has 0 aliphatic rings. The largest absolute Gasteiger partial charge is 0.497 e. The van der Waals surface area contributed by atoms with Gasteiger partial charge in [-0.25, -0.2) is 4.79 Å².